The molecule has 0 fully saturated rings. The number of alkyl carbamates (subject to hydrolysis) is 1. The van der Waals surface area contributed by atoms with Crippen LogP contribution in [0.15, 0.2) is 34.7 Å². The first-order valence-electron chi connectivity index (χ1n) is 10.2. The maximum atomic E-state index is 12.3. The smallest absolute Gasteiger partial charge is 0.408 e. The van der Waals surface area contributed by atoms with E-state index in [9.17, 15) is 9.59 Å². The van der Waals surface area contributed by atoms with Crippen molar-refractivity contribution < 1.29 is 28.2 Å². The fourth-order valence-corrected chi connectivity index (χ4v) is 2.76. The number of nitrogens with zero attached hydrogens (tertiary/aromatic N) is 2. The Balaban J connectivity index is 2.10. The highest BCUT2D eigenvalue weighted by Gasteiger charge is 2.35. The zero-order valence-corrected chi connectivity index (χ0v) is 18.9. The van der Waals surface area contributed by atoms with E-state index in [1.165, 1.54) is 6.92 Å². The lowest BCUT2D eigenvalue weighted by molar-refractivity contribution is -0.150. The first kappa shape index (κ1) is 24.3. The van der Waals surface area contributed by atoms with E-state index >= 15 is 0 Å². The highest BCUT2D eigenvalue weighted by molar-refractivity contribution is 5.69. The highest BCUT2D eigenvalue weighted by Crippen LogP contribution is 2.26. The standard InChI is InChI=1S/C22H31N3O6/c1-14(2)18(23-21(27)31-22(4,5)6)19(29-15(3)26)20-25-24-17(30-20)13-28-12-16-10-8-7-9-11-16/h7-11,14,18-19H,12-13H2,1-6H3,(H,23,27). The van der Waals surface area contributed by atoms with Gasteiger partial charge in [0.1, 0.15) is 12.2 Å². The maximum Gasteiger partial charge on any atom is 0.408 e. The number of esters is 1. The molecule has 0 spiro atoms. The number of carbonyl (C=O) groups excluding carboxylic acids is 2. The van der Waals surface area contributed by atoms with Crippen LogP contribution in [0.3, 0.4) is 0 Å². The first-order valence-corrected chi connectivity index (χ1v) is 10.2. The number of aromatic nitrogens is 2. The molecule has 0 bridgehead atoms. The molecule has 2 atom stereocenters. The van der Waals surface area contributed by atoms with Crippen LogP contribution in [0.25, 0.3) is 0 Å². The van der Waals surface area contributed by atoms with E-state index in [2.05, 4.69) is 15.5 Å². The minimum Gasteiger partial charge on any atom is -0.450 e. The monoisotopic (exact) mass is 433 g/mol. The lowest BCUT2D eigenvalue weighted by Gasteiger charge is -2.29. The molecule has 1 heterocycles. The minimum atomic E-state index is -0.972. The maximum absolute atomic E-state index is 12.3. The zero-order valence-electron chi connectivity index (χ0n) is 18.9. The summed E-state index contributed by atoms with van der Waals surface area (Å²) in [6, 6.07) is 9.04. The molecule has 1 N–H and O–H groups in total. The summed E-state index contributed by atoms with van der Waals surface area (Å²) in [5.41, 5.74) is 0.345. The number of hydrogen-bond acceptors (Lipinski definition) is 8. The molecule has 31 heavy (non-hydrogen) atoms. The molecule has 0 aliphatic rings. The molecule has 2 unspecified atom stereocenters. The lowest BCUT2D eigenvalue weighted by Crippen LogP contribution is -2.46. The highest BCUT2D eigenvalue weighted by atomic mass is 16.6. The van der Waals surface area contributed by atoms with Crippen LogP contribution < -0.4 is 5.32 Å². The SMILES string of the molecule is CC(=O)OC(c1nnc(COCc2ccccc2)o1)C(NC(=O)OC(C)(C)C)C(C)C. The minimum absolute atomic E-state index is 0.0725. The molecule has 0 saturated carbocycles. The van der Waals surface area contributed by atoms with E-state index in [0.29, 0.717) is 6.61 Å². The molecule has 9 nitrogen and oxygen atoms in total. The van der Waals surface area contributed by atoms with Gasteiger partial charge in [-0.2, -0.15) is 0 Å². The fourth-order valence-electron chi connectivity index (χ4n) is 2.76. The van der Waals surface area contributed by atoms with Crippen molar-refractivity contribution in [1.82, 2.24) is 15.5 Å². The van der Waals surface area contributed by atoms with Gasteiger partial charge in [0.05, 0.1) is 12.6 Å². The van der Waals surface area contributed by atoms with Gasteiger partial charge in [0.15, 0.2) is 6.10 Å². The summed E-state index contributed by atoms with van der Waals surface area (Å²) in [5.74, 6) is -0.352. The molecule has 1 amide bonds. The summed E-state index contributed by atoms with van der Waals surface area (Å²) in [6.07, 6.45) is -1.60. The summed E-state index contributed by atoms with van der Waals surface area (Å²) in [7, 11) is 0. The summed E-state index contributed by atoms with van der Waals surface area (Å²) in [4.78, 5) is 24.0. The summed E-state index contributed by atoms with van der Waals surface area (Å²) >= 11 is 0. The van der Waals surface area contributed by atoms with Gasteiger partial charge in [0.25, 0.3) is 5.89 Å². The third-order valence-electron chi connectivity index (χ3n) is 4.08. The quantitative estimate of drug-likeness (QED) is 0.592. The van der Waals surface area contributed by atoms with Crippen molar-refractivity contribution in [3.63, 3.8) is 0 Å². The Labute approximate surface area is 182 Å². The number of hydrogen-bond donors (Lipinski definition) is 1. The molecule has 0 radical (unpaired) electrons. The van der Waals surface area contributed by atoms with E-state index in [4.69, 9.17) is 18.6 Å². The van der Waals surface area contributed by atoms with Crippen molar-refractivity contribution in [3.05, 3.63) is 47.7 Å². The molecule has 2 aromatic rings. The van der Waals surface area contributed by atoms with E-state index in [1.54, 1.807) is 20.8 Å². The Bertz CT molecular complexity index is 844. The summed E-state index contributed by atoms with van der Waals surface area (Å²) in [5, 5.41) is 10.7. The number of nitrogens with one attached hydrogen (secondary N) is 1. The predicted octanol–water partition coefficient (Wildman–Crippen LogP) is 3.94. The van der Waals surface area contributed by atoms with Crippen LogP contribution in [-0.4, -0.2) is 33.9 Å². The molecule has 1 aromatic heterocycles. The second-order valence-corrected chi connectivity index (χ2v) is 8.46. The number of amides is 1. The van der Waals surface area contributed by atoms with Gasteiger partial charge < -0.3 is 23.9 Å². The fraction of sp³-hybridized carbons (Fsp3) is 0.545. The first-order chi connectivity index (χ1) is 14.5. The number of carbonyl (C=O) groups is 2. The van der Waals surface area contributed by atoms with Crippen LogP contribution in [0.5, 0.6) is 0 Å². The average Bonchev–Trinajstić information content (AvgIpc) is 3.12. The van der Waals surface area contributed by atoms with Gasteiger partial charge in [-0.25, -0.2) is 4.79 Å². The van der Waals surface area contributed by atoms with Crippen molar-refractivity contribution in [2.24, 2.45) is 5.92 Å². The Morgan fingerprint density at radius 1 is 1.10 bits per heavy atom. The van der Waals surface area contributed by atoms with Gasteiger partial charge in [0, 0.05) is 6.92 Å². The Morgan fingerprint density at radius 2 is 1.77 bits per heavy atom. The van der Waals surface area contributed by atoms with Crippen LogP contribution in [0, 0.1) is 5.92 Å². The van der Waals surface area contributed by atoms with Crippen molar-refractivity contribution in [1.29, 1.82) is 0 Å². The van der Waals surface area contributed by atoms with Crippen LogP contribution in [0.4, 0.5) is 4.79 Å². The van der Waals surface area contributed by atoms with E-state index < -0.39 is 29.8 Å². The van der Waals surface area contributed by atoms with Gasteiger partial charge in [-0.3, -0.25) is 4.79 Å². The van der Waals surface area contributed by atoms with E-state index in [1.807, 2.05) is 44.2 Å². The summed E-state index contributed by atoms with van der Waals surface area (Å²) < 4.78 is 22.1. The van der Waals surface area contributed by atoms with Gasteiger partial charge >= 0.3 is 12.1 Å². The lowest BCUT2D eigenvalue weighted by atomic mass is 9.98. The number of ether oxygens (including phenoxy) is 3. The average molecular weight is 434 g/mol. The van der Waals surface area contributed by atoms with E-state index in [-0.39, 0.29) is 24.3 Å². The third kappa shape index (κ3) is 8.37. The molecule has 0 aliphatic carbocycles. The van der Waals surface area contributed by atoms with Crippen molar-refractivity contribution in [2.75, 3.05) is 0 Å². The topological polar surface area (TPSA) is 113 Å². The molecular weight excluding hydrogens is 402 g/mol. The van der Waals surface area contributed by atoms with Gasteiger partial charge in [-0.1, -0.05) is 44.2 Å². The zero-order chi connectivity index (χ0) is 23.0. The molecule has 9 heteroatoms. The number of rotatable bonds is 9. The molecular formula is C22H31N3O6. The normalized spacial score (nSPS) is 13.5. The molecule has 1 aromatic carbocycles. The van der Waals surface area contributed by atoms with Gasteiger partial charge in [-0.15, -0.1) is 10.2 Å². The van der Waals surface area contributed by atoms with Crippen LogP contribution in [0.2, 0.25) is 0 Å². The molecule has 170 valence electrons. The van der Waals surface area contributed by atoms with Crippen molar-refractivity contribution in [3.8, 4) is 0 Å². The Kier molecular flexibility index (Phi) is 8.56. The molecule has 2 rings (SSSR count). The second-order valence-electron chi connectivity index (χ2n) is 8.46. The Hall–Kier alpha value is -2.94. The van der Waals surface area contributed by atoms with Gasteiger partial charge in [-0.05, 0) is 32.3 Å². The van der Waals surface area contributed by atoms with Crippen LogP contribution in [0.1, 0.15) is 65.0 Å². The largest absolute Gasteiger partial charge is 0.450 e. The Morgan fingerprint density at radius 3 is 2.35 bits per heavy atom. The van der Waals surface area contributed by atoms with Crippen LogP contribution in [-0.2, 0) is 32.2 Å². The molecule has 0 aliphatic heterocycles. The van der Waals surface area contributed by atoms with Crippen LogP contribution >= 0.6 is 0 Å². The second kappa shape index (κ2) is 10.9. The molecule has 0 saturated heterocycles. The van der Waals surface area contributed by atoms with E-state index in [0.717, 1.165) is 5.56 Å². The van der Waals surface area contributed by atoms with Gasteiger partial charge in [0.2, 0.25) is 5.89 Å². The number of benzene rings is 1. The predicted molar refractivity (Wildman–Crippen MR) is 112 cm³/mol. The third-order valence-corrected chi connectivity index (χ3v) is 4.08. The van der Waals surface area contributed by atoms with Crippen molar-refractivity contribution in [2.45, 2.75) is 72.5 Å². The van der Waals surface area contributed by atoms with Crippen molar-refractivity contribution >= 4 is 12.1 Å². The summed E-state index contributed by atoms with van der Waals surface area (Å²) in [6.45, 7) is 10.8.